The molecule has 0 bridgehead atoms. The minimum absolute atomic E-state index is 0.139. The monoisotopic (exact) mass is 266 g/mol. The van der Waals surface area contributed by atoms with Crippen molar-refractivity contribution in [2.45, 2.75) is 45.1 Å². The summed E-state index contributed by atoms with van der Waals surface area (Å²) >= 11 is 0. The molecule has 1 saturated carbocycles. The first-order valence-corrected chi connectivity index (χ1v) is 6.68. The van der Waals surface area contributed by atoms with E-state index in [1.54, 1.807) is 0 Å². The Hall–Kier alpha value is -1.72. The topological polar surface area (TPSA) is 80.9 Å². The van der Waals surface area contributed by atoms with E-state index in [2.05, 4.69) is 15.3 Å². The standard InChI is InChI=1S/C13H19FN4O/c1-2-9-11(14)13(17-7-16-9)18-10-6-4-3-5-8(10)12(15)19/h7-8,10H,2-6H2,1H3,(H2,15,19)(H,16,17,18)/t8-,10-/m1/s1. The number of carbonyl (C=O) groups excluding carboxylic acids is 1. The fourth-order valence-corrected chi connectivity index (χ4v) is 2.57. The summed E-state index contributed by atoms with van der Waals surface area (Å²) in [5, 5.41) is 3.03. The van der Waals surface area contributed by atoms with Crippen molar-refractivity contribution in [2.75, 3.05) is 5.32 Å². The summed E-state index contributed by atoms with van der Waals surface area (Å²) in [6, 6.07) is -0.139. The number of amides is 1. The van der Waals surface area contributed by atoms with Gasteiger partial charge in [-0.25, -0.2) is 14.4 Å². The molecular formula is C13H19FN4O. The zero-order chi connectivity index (χ0) is 13.8. The maximum absolute atomic E-state index is 14.1. The molecule has 2 atom stereocenters. The van der Waals surface area contributed by atoms with Gasteiger partial charge in [0.2, 0.25) is 5.91 Å². The van der Waals surface area contributed by atoms with Crippen LogP contribution in [0.25, 0.3) is 0 Å². The van der Waals surface area contributed by atoms with E-state index in [9.17, 15) is 9.18 Å². The smallest absolute Gasteiger partial charge is 0.222 e. The molecule has 0 aliphatic heterocycles. The molecule has 104 valence electrons. The lowest BCUT2D eigenvalue weighted by Gasteiger charge is -2.30. The molecule has 0 unspecified atom stereocenters. The van der Waals surface area contributed by atoms with Gasteiger partial charge in [-0.3, -0.25) is 4.79 Å². The van der Waals surface area contributed by atoms with Crippen LogP contribution in [-0.2, 0) is 11.2 Å². The molecule has 6 heteroatoms. The van der Waals surface area contributed by atoms with E-state index in [1.165, 1.54) is 6.33 Å². The lowest BCUT2D eigenvalue weighted by Crippen LogP contribution is -2.40. The van der Waals surface area contributed by atoms with Gasteiger partial charge in [-0.1, -0.05) is 19.8 Å². The Morgan fingerprint density at radius 1 is 1.47 bits per heavy atom. The predicted molar refractivity (Wildman–Crippen MR) is 69.9 cm³/mol. The number of nitrogens with one attached hydrogen (secondary N) is 1. The summed E-state index contributed by atoms with van der Waals surface area (Å²) in [6.07, 6.45) is 5.39. The van der Waals surface area contributed by atoms with E-state index >= 15 is 0 Å². The summed E-state index contributed by atoms with van der Waals surface area (Å²) in [4.78, 5) is 19.2. The highest BCUT2D eigenvalue weighted by molar-refractivity contribution is 5.78. The minimum Gasteiger partial charge on any atom is -0.369 e. The van der Waals surface area contributed by atoms with Crippen molar-refractivity contribution in [3.8, 4) is 0 Å². The Balaban J connectivity index is 2.17. The SMILES string of the molecule is CCc1ncnc(N[C@@H]2CCCC[C@H]2C(N)=O)c1F. The van der Waals surface area contributed by atoms with E-state index in [0.29, 0.717) is 12.1 Å². The molecule has 2 rings (SSSR count). The van der Waals surface area contributed by atoms with Gasteiger partial charge in [0.1, 0.15) is 6.33 Å². The van der Waals surface area contributed by atoms with Crippen LogP contribution in [0, 0.1) is 11.7 Å². The van der Waals surface area contributed by atoms with Crippen molar-refractivity contribution in [3.63, 3.8) is 0 Å². The van der Waals surface area contributed by atoms with Gasteiger partial charge in [-0.15, -0.1) is 0 Å². The third-order valence-corrected chi connectivity index (χ3v) is 3.65. The van der Waals surface area contributed by atoms with Crippen molar-refractivity contribution >= 4 is 11.7 Å². The first kappa shape index (κ1) is 13.7. The van der Waals surface area contributed by atoms with Gasteiger partial charge in [0, 0.05) is 6.04 Å². The third-order valence-electron chi connectivity index (χ3n) is 3.65. The molecule has 5 nitrogen and oxygen atoms in total. The fourth-order valence-electron chi connectivity index (χ4n) is 2.57. The quantitative estimate of drug-likeness (QED) is 0.868. The third kappa shape index (κ3) is 3.00. The van der Waals surface area contributed by atoms with Crippen molar-refractivity contribution in [1.82, 2.24) is 9.97 Å². The molecule has 1 aliphatic carbocycles. The van der Waals surface area contributed by atoms with Crippen molar-refractivity contribution in [2.24, 2.45) is 11.7 Å². The molecule has 1 aliphatic rings. The van der Waals surface area contributed by atoms with Gasteiger partial charge < -0.3 is 11.1 Å². The van der Waals surface area contributed by atoms with E-state index in [0.717, 1.165) is 25.7 Å². The number of nitrogens with two attached hydrogens (primary N) is 1. The number of aryl methyl sites for hydroxylation is 1. The zero-order valence-corrected chi connectivity index (χ0v) is 11.0. The van der Waals surface area contributed by atoms with E-state index in [1.807, 2.05) is 6.92 Å². The highest BCUT2D eigenvalue weighted by Crippen LogP contribution is 2.27. The van der Waals surface area contributed by atoms with Gasteiger partial charge in [0.05, 0.1) is 11.6 Å². The van der Waals surface area contributed by atoms with Crippen LogP contribution >= 0.6 is 0 Å². The van der Waals surface area contributed by atoms with Crippen molar-refractivity contribution < 1.29 is 9.18 Å². The maximum atomic E-state index is 14.1. The van der Waals surface area contributed by atoms with E-state index < -0.39 is 5.82 Å². The number of halogens is 1. The number of aromatic nitrogens is 2. The van der Waals surface area contributed by atoms with Gasteiger partial charge in [0.15, 0.2) is 11.6 Å². The molecule has 0 spiro atoms. The number of rotatable bonds is 4. The lowest BCUT2D eigenvalue weighted by atomic mass is 9.84. The van der Waals surface area contributed by atoms with Crippen molar-refractivity contribution in [3.05, 3.63) is 17.8 Å². The Labute approximate surface area is 111 Å². The Morgan fingerprint density at radius 3 is 2.89 bits per heavy atom. The van der Waals surface area contributed by atoms with Crippen LogP contribution in [0.4, 0.5) is 10.2 Å². The van der Waals surface area contributed by atoms with Crippen LogP contribution < -0.4 is 11.1 Å². The van der Waals surface area contributed by atoms with Gasteiger partial charge in [-0.2, -0.15) is 0 Å². The first-order chi connectivity index (χ1) is 9.13. The predicted octanol–water partition coefficient (Wildman–Crippen LogP) is 1.63. The van der Waals surface area contributed by atoms with Gasteiger partial charge in [-0.05, 0) is 19.3 Å². The number of hydrogen-bond acceptors (Lipinski definition) is 4. The average Bonchev–Trinajstić information content (AvgIpc) is 2.41. The van der Waals surface area contributed by atoms with Crippen molar-refractivity contribution in [1.29, 1.82) is 0 Å². The lowest BCUT2D eigenvalue weighted by molar-refractivity contribution is -0.122. The zero-order valence-electron chi connectivity index (χ0n) is 11.0. The fraction of sp³-hybridized carbons (Fsp3) is 0.615. The number of primary amides is 1. The highest BCUT2D eigenvalue weighted by Gasteiger charge is 2.30. The molecule has 0 aromatic carbocycles. The van der Waals surface area contributed by atoms with Crippen LogP contribution in [0.1, 0.15) is 38.3 Å². The molecular weight excluding hydrogens is 247 g/mol. The molecule has 1 amide bonds. The largest absolute Gasteiger partial charge is 0.369 e. The number of carbonyl (C=O) groups is 1. The summed E-state index contributed by atoms with van der Waals surface area (Å²) < 4.78 is 14.1. The van der Waals surface area contributed by atoms with Crippen LogP contribution in [0.3, 0.4) is 0 Å². The van der Waals surface area contributed by atoms with Crippen LogP contribution in [0.15, 0.2) is 6.33 Å². The second-order valence-electron chi connectivity index (χ2n) is 4.88. The molecule has 1 aromatic rings. The minimum atomic E-state index is -0.432. The number of hydrogen-bond donors (Lipinski definition) is 2. The molecule has 1 fully saturated rings. The molecule has 1 heterocycles. The molecule has 0 saturated heterocycles. The molecule has 3 N–H and O–H groups in total. The highest BCUT2D eigenvalue weighted by atomic mass is 19.1. The normalized spacial score (nSPS) is 23.1. The van der Waals surface area contributed by atoms with E-state index in [4.69, 9.17) is 5.73 Å². The maximum Gasteiger partial charge on any atom is 0.222 e. The first-order valence-electron chi connectivity index (χ1n) is 6.68. The Bertz CT molecular complexity index is 466. The molecule has 19 heavy (non-hydrogen) atoms. The summed E-state index contributed by atoms with van der Waals surface area (Å²) in [7, 11) is 0. The Morgan fingerprint density at radius 2 is 2.21 bits per heavy atom. The summed E-state index contributed by atoms with van der Waals surface area (Å²) in [5.41, 5.74) is 5.78. The molecule has 0 radical (unpaired) electrons. The second kappa shape index (κ2) is 5.95. The molecule has 1 aromatic heterocycles. The average molecular weight is 266 g/mol. The number of nitrogens with zero attached hydrogens (tertiary/aromatic N) is 2. The summed E-state index contributed by atoms with van der Waals surface area (Å²) in [5.74, 6) is -0.848. The van der Waals surface area contributed by atoms with Crippen LogP contribution in [0.2, 0.25) is 0 Å². The van der Waals surface area contributed by atoms with Gasteiger partial charge >= 0.3 is 0 Å². The van der Waals surface area contributed by atoms with Crippen LogP contribution in [-0.4, -0.2) is 21.9 Å². The summed E-state index contributed by atoms with van der Waals surface area (Å²) in [6.45, 7) is 1.84. The number of anilines is 1. The second-order valence-corrected chi connectivity index (χ2v) is 4.88. The van der Waals surface area contributed by atoms with E-state index in [-0.39, 0.29) is 23.7 Å². The van der Waals surface area contributed by atoms with Crippen LogP contribution in [0.5, 0.6) is 0 Å². The Kier molecular flexibility index (Phi) is 4.29. The van der Waals surface area contributed by atoms with Gasteiger partial charge in [0.25, 0.3) is 0 Å².